The van der Waals surface area contributed by atoms with Gasteiger partial charge in [-0.1, -0.05) is 18.2 Å². The maximum atomic E-state index is 12.8. The number of ether oxygens (including phenoxy) is 1. The molecule has 0 spiro atoms. The summed E-state index contributed by atoms with van der Waals surface area (Å²) in [5.41, 5.74) is 0.965. The second kappa shape index (κ2) is 7.09. The van der Waals surface area contributed by atoms with E-state index in [1.54, 1.807) is 0 Å². The summed E-state index contributed by atoms with van der Waals surface area (Å²) in [4.78, 5) is 11.9. The van der Waals surface area contributed by atoms with Gasteiger partial charge < -0.3 is 4.74 Å². The lowest BCUT2D eigenvalue weighted by molar-refractivity contribution is -0.153. The molecule has 120 valence electrons. The molecule has 0 saturated heterocycles. The van der Waals surface area contributed by atoms with Crippen molar-refractivity contribution in [1.82, 2.24) is 0 Å². The van der Waals surface area contributed by atoms with Gasteiger partial charge >= 0.3 is 6.18 Å². The Labute approximate surface area is 130 Å². The summed E-state index contributed by atoms with van der Waals surface area (Å²) < 4.78 is 53.4. The van der Waals surface area contributed by atoms with Crippen molar-refractivity contribution >= 4 is 11.9 Å². The Bertz CT molecular complexity index is 686. The molecule has 2 aromatic carbocycles. The van der Waals surface area contributed by atoms with E-state index >= 15 is 0 Å². The van der Waals surface area contributed by atoms with E-state index in [4.69, 9.17) is 0 Å². The van der Waals surface area contributed by atoms with E-state index in [9.17, 15) is 22.4 Å². The third-order valence-electron chi connectivity index (χ3n) is 2.84. The highest BCUT2D eigenvalue weighted by molar-refractivity contribution is 6.06. The monoisotopic (exact) mass is 324 g/mol. The second-order valence-corrected chi connectivity index (χ2v) is 4.68. The fourth-order valence-electron chi connectivity index (χ4n) is 1.72. The van der Waals surface area contributed by atoms with Crippen LogP contribution in [0.5, 0.6) is 5.75 Å². The van der Waals surface area contributed by atoms with E-state index in [-0.39, 0.29) is 11.5 Å². The lowest BCUT2D eigenvalue weighted by atomic mass is 10.1. The van der Waals surface area contributed by atoms with Crippen molar-refractivity contribution in [2.45, 2.75) is 6.18 Å². The molecule has 2 nitrogen and oxygen atoms in total. The third-order valence-corrected chi connectivity index (χ3v) is 2.84. The minimum atomic E-state index is -4.39. The molecule has 0 unspecified atom stereocenters. The van der Waals surface area contributed by atoms with Crippen molar-refractivity contribution in [1.29, 1.82) is 0 Å². The predicted octanol–water partition coefficient (Wildman–Crippen LogP) is 4.66. The molecule has 2 rings (SSSR count). The van der Waals surface area contributed by atoms with Crippen LogP contribution in [0.2, 0.25) is 0 Å². The number of carbonyl (C=O) groups is 1. The maximum absolute atomic E-state index is 12.8. The first kappa shape index (κ1) is 16.7. The zero-order chi connectivity index (χ0) is 16.9. The zero-order valence-electron chi connectivity index (χ0n) is 11.8. The van der Waals surface area contributed by atoms with E-state index in [1.165, 1.54) is 60.7 Å². The molecule has 2 aromatic rings. The number of halogens is 4. The van der Waals surface area contributed by atoms with Gasteiger partial charge in [-0.25, -0.2) is 4.39 Å². The van der Waals surface area contributed by atoms with Crippen molar-refractivity contribution in [2.24, 2.45) is 0 Å². The van der Waals surface area contributed by atoms with Gasteiger partial charge in [0, 0.05) is 5.56 Å². The van der Waals surface area contributed by atoms with Crippen molar-refractivity contribution in [3.05, 3.63) is 71.6 Å². The number of ketones is 1. The Kier molecular flexibility index (Phi) is 5.16. The van der Waals surface area contributed by atoms with E-state index in [0.29, 0.717) is 11.1 Å². The first-order chi connectivity index (χ1) is 10.8. The summed E-state index contributed by atoms with van der Waals surface area (Å²) in [7, 11) is 0. The van der Waals surface area contributed by atoms with Gasteiger partial charge in [0.2, 0.25) is 0 Å². The summed E-state index contributed by atoms with van der Waals surface area (Å²) >= 11 is 0. The maximum Gasteiger partial charge on any atom is 0.422 e. The van der Waals surface area contributed by atoms with Crippen LogP contribution in [0.4, 0.5) is 17.6 Å². The molecule has 23 heavy (non-hydrogen) atoms. The Hall–Kier alpha value is -2.63. The van der Waals surface area contributed by atoms with Gasteiger partial charge in [-0.15, -0.1) is 0 Å². The van der Waals surface area contributed by atoms with Crippen molar-refractivity contribution in [3.8, 4) is 5.75 Å². The lowest BCUT2D eigenvalue weighted by Gasteiger charge is -2.08. The Morgan fingerprint density at radius 1 is 1.00 bits per heavy atom. The number of hydrogen-bond acceptors (Lipinski definition) is 2. The Morgan fingerprint density at radius 3 is 2.17 bits per heavy atom. The average molecular weight is 324 g/mol. The van der Waals surface area contributed by atoms with Gasteiger partial charge in [0.15, 0.2) is 12.4 Å². The number of hydrogen-bond donors (Lipinski definition) is 0. The molecule has 0 fully saturated rings. The molecule has 0 aliphatic rings. The molecule has 0 bridgehead atoms. The summed E-state index contributed by atoms with van der Waals surface area (Å²) in [6, 6.07) is 10.9. The van der Waals surface area contributed by atoms with E-state index in [0.717, 1.165) is 0 Å². The predicted molar refractivity (Wildman–Crippen MR) is 77.8 cm³/mol. The highest BCUT2D eigenvalue weighted by Gasteiger charge is 2.28. The number of allylic oxidation sites excluding steroid dienone is 1. The smallest absolute Gasteiger partial charge is 0.422 e. The minimum Gasteiger partial charge on any atom is -0.484 e. The first-order valence-corrected chi connectivity index (χ1v) is 6.61. The largest absolute Gasteiger partial charge is 0.484 e. The topological polar surface area (TPSA) is 26.3 Å². The van der Waals surface area contributed by atoms with Crippen LogP contribution in [0.25, 0.3) is 6.08 Å². The van der Waals surface area contributed by atoms with Crippen LogP contribution in [0.1, 0.15) is 15.9 Å². The van der Waals surface area contributed by atoms with Crippen molar-refractivity contribution < 1.29 is 27.1 Å². The second-order valence-electron chi connectivity index (χ2n) is 4.68. The molecule has 0 saturated carbocycles. The van der Waals surface area contributed by atoms with Gasteiger partial charge in [0.1, 0.15) is 11.6 Å². The molecule has 0 aromatic heterocycles. The van der Waals surface area contributed by atoms with Gasteiger partial charge in [-0.2, -0.15) is 13.2 Å². The molecule has 0 atom stereocenters. The highest BCUT2D eigenvalue weighted by Crippen LogP contribution is 2.19. The number of alkyl halides is 3. The van der Waals surface area contributed by atoms with Crippen molar-refractivity contribution in [2.75, 3.05) is 6.61 Å². The molecular formula is C17H12F4O2. The van der Waals surface area contributed by atoms with Crippen LogP contribution in [-0.4, -0.2) is 18.6 Å². The van der Waals surface area contributed by atoms with Gasteiger partial charge in [-0.3, -0.25) is 4.79 Å². The first-order valence-electron chi connectivity index (χ1n) is 6.61. The number of carbonyl (C=O) groups excluding carboxylic acids is 1. The molecule has 0 heterocycles. The molecule has 0 radical (unpaired) electrons. The van der Waals surface area contributed by atoms with Gasteiger partial charge in [0.25, 0.3) is 0 Å². The Balaban J connectivity index is 1.97. The quantitative estimate of drug-likeness (QED) is 0.454. The van der Waals surface area contributed by atoms with Crippen LogP contribution >= 0.6 is 0 Å². The van der Waals surface area contributed by atoms with Crippen LogP contribution in [-0.2, 0) is 0 Å². The van der Waals surface area contributed by atoms with Crippen LogP contribution < -0.4 is 4.74 Å². The third kappa shape index (κ3) is 5.58. The minimum absolute atomic E-state index is 0.0873. The van der Waals surface area contributed by atoms with Crippen molar-refractivity contribution in [3.63, 3.8) is 0 Å². The fourth-order valence-corrected chi connectivity index (χ4v) is 1.72. The summed E-state index contributed by atoms with van der Waals surface area (Å²) in [5, 5.41) is 0. The van der Waals surface area contributed by atoms with E-state index in [2.05, 4.69) is 4.74 Å². The molecule has 0 amide bonds. The summed E-state index contributed by atoms with van der Waals surface area (Å²) in [6.45, 7) is -1.36. The normalized spacial score (nSPS) is 11.7. The standard InChI is InChI=1S/C17H12F4O2/c18-14-6-4-13(5-7-14)16(22)10-3-12-1-8-15(9-2-12)23-11-17(19,20)21/h1-10H,11H2/b10-3+. The summed E-state index contributed by atoms with van der Waals surface area (Å²) in [6.07, 6.45) is -1.57. The zero-order valence-corrected chi connectivity index (χ0v) is 11.8. The lowest BCUT2D eigenvalue weighted by Crippen LogP contribution is -2.19. The van der Waals surface area contributed by atoms with Gasteiger partial charge in [0.05, 0.1) is 0 Å². The fraction of sp³-hybridized carbons (Fsp3) is 0.118. The van der Waals surface area contributed by atoms with E-state index < -0.39 is 18.6 Å². The molecular weight excluding hydrogens is 312 g/mol. The number of benzene rings is 2. The molecule has 6 heteroatoms. The van der Waals surface area contributed by atoms with Gasteiger partial charge in [-0.05, 0) is 48.0 Å². The molecule has 0 aliphatic heterocycles. The Morgan fingerprint density at radius 2 is 1.61 bits per heavy atom. The highest BCUT2D eigenvalue weighted by atomic mass is 19.4. The summed E-state index contributed by atoms with van der Waals surface area (Å²) in [5.74, 6) is -0.647. The SMILES string of the molecule is O=C(/C=C/c1ccc(OCC(F)(F)F)cc1)c1ccc(F)cc1. The van der Waals surface area contributed by atoms with E-state index in [1.807, 2.05) is 0 Å². The van der Waals surface area contributed by atoms with Crippen LogP contribution in [0.3, 0.4) is 0 Å². The van der Waals surface area contributed by atoms with Crippen LogP contribution in [0, 0.1) is 5.82 Å². The van der Waals surface area contributed by atoms with Crippen LogP contribution in [0.15, 0.2) is 54.6 Å². The average Bonchev–Trinajstić information content (AvgIpc) is 2.51. The molecule has 0 aliphatic carbocycles. The number of rotatable bonds is 5. The molecule has 0 N–H and O–H groups in total.